The van der Waals surface area contributed by atoms with Gasteiger partial charge in [0.25, 0.3) is 0 Å². The summed E-state index contributed by atoms with van der Waals surface area (Å²) < 4.78 is 34.2. The van der Waals surface area contributed by atoms with Gasteiger partial charge in [-0.05, 0) is 83.5 Å². The third kappa shape index (κ3) is 29.7. The zero-order valence-corrected chi connectivity index (χ0v) is 50.1. The Kier molecular flexibility index (Phi) is 41.6. The molecule has 17 atom stereocenters. The van der Waals surface area contributed by atoms with Crippen LogP contribution in [-0.2, 0) is 33.2 Å². The van der Waals surface area contributed by atoms with Crippen LogP contribution in [0.4, 0.5) is 0 Å². The maximum atomic E-state index is 13.3. The fourth-order valence-electron chi connectivity index (χ4n) is 10.2. The van der Waals surface area contributed by atoms with Crippen molar-refractivity contribution < 1.29 is 89.4 Å². The topological polar surface area (TPSA) is 307 Å². The minimum Gasteiger partial charge on any atom is -0.394 e. The monoisotopic (exact) mass is 1180 g/mol. The van der Waals surface area contributed by atoms with Crippen molar-refractivity contribution in [3.8, 4) is 0 Å². The van der Waals surface area contributed by atoms with Gasteiger partial charge in [-0.25, -0.2) is 0 Å². The molecular weight excluding hydrogens is 1070 g/mol. The lowest BCUT2D eigenvalue weighted by atomic mass is 9.96. The van der Waals surface area contributed by atoms with Crippen LogP contribution in [0.25, 0.3) is 0 Å². The molecule has 1 amide bonds. The van der Waals surface area contributed by atoms with Crippen LogP contribution in [0.15, 0.2) is 72.9 Å². The first kappa shape index (κ1) is 74.5. The lowest BCUT2D eigenvalue weighted by Gasteiger charge is -2.48. The highest BCUT2D eigenvalue weighted by Crippen LogP contribution is 2.33. The molecule has 0 aliphatic carbocycles. The van der Waals surface area contributed by atoms with E-state index in [4.69, 9.17) is 28.4 Å². The van der Waals surface area contributed by atoms with Crippen molar-refractivity contribution in [3.05, 3.63) is 72.9 Å². The van der Waals surface area contributed by atoms with Crippen LogP contribution in [0, 0.1) is 0 Å². The minimum atomic E-state index is -1.99. The first-order chi connectivity index (χ1) is 40.3. The Labute approximate surface area is 496 Å². The summed E-state index contributed by atoms with van der Waals surface area (Å²) in [6, 6.07) is -1.00. The van der Waals surface area contributed by atoms with Gasteiger partial charge >= 0.3 is 0 Å². The number of aliphatic hydroxyl groups excluding tert-OH is 11. The Bertz CT molecular complexity index is 1790. The van der Waals surface area contributed by atoms with E-state index in [1.165, 1.54) is 89.9 Å². The van der Waals surface area contributed by atoms with Gasteiger partial charge in [0.15, 0.2) is 18.9 Å². The molecule has 3 heterocycles. The number of hydrogen-bond acceptors (Lipinski definition) is 18. The quantitative estimate of drug-likeness (QED) is 0.0226. The van der Waals surface area contributed by atoms with Crippen molar-refractivity contribution in [2.75, 3.05) is 26.4 Å². The molecule has 0 aromatic rings. The maximum absolute atomic E-state index is 13.3. The number of hydrogen-bond donors (Lipinski definition) is 12. The molecule has 0 spiro atoms. The zero-order valence-electron chi connectivity index (χ0n) is 50.1. The van der Waals surface area contributed by atoms with Gasteiger partial charge in [0.2, 0.25) is 5.91 Å². The lowest BCUT2D eigenvalue weighted by molar-refractivity contribution is -0.379. The summed E-state index contributed by atoms with van der Waals surface area (Å²) >= 11 is 0. The fraction of sp³-hybridized carbons (Fsp3) is 0.797. The van der Waals surface area contributed by atoms with Crippen LogP contribution in [0.1, 0.15) is 194 Å². The van der Waals surface area contributed by atoms with E-state index in [0.29, 0.717) is 12.8 Å². The molecule has 3 aliphatic rings. The third-order valence-electron chi connectivity index (χ3n) is 15.5. The lowest BCUT2D eigenvalue weighted by Crippen LogP contribution is -2.66. The summed E-state index contributed by atoms with van der Waals surface area (Å²) in [7, 11) is 0. The van der Waals surface area contributed by atoms with Gasteiger partial charge in [-0.1, -0.05) is 177 Å². The second kappa shape index (κ2) is 46.4. The van der Waals surface area contributed by atoms with Gasteiger partial charge in [0, 0.05) is 6.42 Å². The second-order valence-electron chi connectivity index (χ2n) is 22.5. The molecule has 3 rings (SSSR count). The Morgan fingerprint density at radius 1 is 0.434 bits per heavy atom. The molecule has 3 fully saturated rings. The van der Waals surface area contributed by atoms with Crippen molar-refractivity contribution in [2.45, 2.75) is 298 Å². The van der Waals surface area contributed by atoms with Crippen LogP contribution in [0.2, 0.25) is 0 Å². The Hall–Kier alpha value is -2.77. The maximum Gasteiger partial charge on any atom is 0.220 e. The predicted octanol–water partition coefficient (Wildman–Crippen LogP) is 6.60. The Morgan fingerprint density at radius 3 is 1.29 bits per heavy atom. The zero-order chi connectivity index (χ0) is 60.5. The second-order valence-corrected chi connectivity index (χ2v) is 22.5. The number of ether oxygens (including phenoxy) is 6. The number of allylic oxidation sites excluding steroid dienone is 11. The molecule has 19 heteroatoms. The molecule has 17 unspecified atom stereocenters. The molecule has 0 saturated carbocycles. The third-order valence-corrected chi connectivity index (χ3v) is 15.5. The van der Waals surface area contributed by atoms with Crippen LogP contribution >= 0.6 is 0 Å². The summed E-state index contributed by atoms with van der Waals surface area (Å²) in [4.78, 5) is 13.3. The summed E-state index contributed by atoms with van der Waals surface area (Å²) in [6.07, 6.45) is 28.8. The molecule has 0 aromatic carbocycles. The van der Waals surface area contributed by atoms with E-state index in [1.54, 1.807) is 6.08 Å². The number of rotatable bonds is 46. The van der Waals surface area contributed by atoms with E-state index in [1.807, 2.05) is 6.08 Å². The molecule has 0 radical (unpaired) electrons. The number of aliphatic hydroxyl groups is 11. The first-order valence-electron chi connectivity index (χ1n) is 31.7. The average Bonchev–Trinajstić information content (AvgIpc) is 3.18. The van der Waals surface area contributed by atoms with Crippen LogP contribution in [-0.4, -0.2) is 193 Å². The number of carbonyl (C=O) groups excluding carboxylic acids is 1. The van der Waals surface area contributed by atoms with Gasteiger partial charge in [0.05, 0.1) is 38.6 Å². The number of nitrogens with one attached hydrogen (secondary N) is 1. The molecule has 480 valence electrons. The summed E-state index contributed by atoms with van der Waals surface area (Å²) in [5.74, 6) is -0.300. The smallest absolute Gasteiger partial charge is 0.220 e. The van der Waals surface area contributed by atoms with Crippen molar-refractivity contribution >= 4 is 5.91 Å². The highest BCUT2D eigenvalue weighted by Gasteiger charge is 2.53. The average molecular weight is 1180 g/mol. The van der Waals surface area contributed by atoms with Crippen LogP contribution in [0.3, 0.4) is 0 Å². The van der Waals surface area contributed by atoms with Gasteiger partial charge in [-0.3, -0.25) is 4.79 Å². The van der Waals surface area contributed by atoms with Crippen molar-refractivity contribution in [2.24, 2.45) is 0 Å². The minimum absolute atomic E-state index is 0.220. The van der Waals surface area contributed by atoms with E-state index < -0.39 is 124 Å². The van der Waals surface area contributed by atoms with Gasteiger partial charge in [-0.15, -0.1) is 0 Å². The molecular formula is C64H111NO18. The molecule has 0 bridgehead atoms. The first-order valence-corrected chi connectivity index (χ1v) is 31.7. The van der Waals surface area contributed by atoms with Crippen molar-refractivity contribution in [3.63, 3.8) is 0 Å². The largest absolute Gasteiger partial charge is 0.394 e. The van der Waals surface area contributed by atoms with E-state index >= 15 is 0 Å². The van der Waals surface area contributed by atoms with E-state index in [-0.39, 0.29) is 18.9 Å². The summed E-state index contributed by atoms with van der Waals surface area (Å²) in [6.45, 7) is 1.65. The summed E-state index contributed by atoms with van der Waals surface area (Å²) in [5, 5.41) is 120. The van der Waals surface area contributed by atoms with Gasteiger partial charge in [0.1, 0.15) is 73.2 Å². The van der Waals surface area contributed by atoms with Crippen LogP contribution < -0.4 is 5.32 Å². The Morgan fingerprint density at radius 2 is 0.807 bits per heavy atom. The molecule has 12 N–H and O–H groups in total. The van der Waals surface area contributed by atoms with Gasteiger partial charge < -0.3 is 89.9 Å². The standard InChI is InChI=1S/C64H111NO18/c1-3-5-7-9-11-13-15-17-19-20-21-22-23-24-25-26-28-30-32-34-36-38-40-42-52(70)65-47(48(69)41-39-37-35-33-31-29-27-18-16-14-12-10-8-6-4-2)46-78-62-58(76)55(73)60(50(44-67)80-62)83-64-59(77)56(74)61(51(45-68)81-64)82-63-57(75)54(72)53(71)49(43-66)79-63/h15-18,20-21,23-24,31,33,39,41,47-51,53-64,66-69,71-77H,3-14,19,22,25-30,32,34-38,40,42-46H2,1-2H3,(H,65,70)/b17-15-,18-16+,21-20-,24-23-,33-31+,41-39+. The van der Waals surface area contributed by atoms with E-state index in [2.05, 4.69) is 79.9 Å². The normalized spacial score (nSPS) is 29.9. The highest BCUT2D eigenvalue weighted by molar-refractivity contribution is 5.76. The fourth-order valence-corrected chi connectivity index (χ4v) is 10.2. The van der Waals surface area contributed by atoms with Crippen LogP contribution in [0.5, 0.6) is 0 Å². The SMILES string of the molecule is CCCCCCC/C=C\C/C=C\C/C=C\CCCCCCCCCCC(=O)NC(COC1OC(CO)C(OC2OC(CO)C(OC3OC(CO)C(O)C(O)C3O)C(O)C2O)C(O)C1O)C(O)/C=C/CC/C=C/CC/C=C/CCCCCCC. The molecule has 0 aromatic heterocycles. The van der Waals surface area contributed by atoms with E-state index in [0.717, 1.165) is 70.6 Å². The number of amides is 1. The molecule has 3 aliphatic heterocycles. The number of carbonyl (C=O) groups is 1. The molecule has 83 heavy (non-hydrogen) atoms. The summed E-state index contributed by atoms with van der Waals surface area (Å²) in [5.41, 5.74) is 0. The highest BCUT2D eigenvalue weighted by atomic mass is 16.8. The van der Waals surface area contributed by atoms with Crippen molar-refractivity contribution in [1.82, 2.24) is 5.32 Å². The number of unbranched alkanes of at least 4 members (excludes halogenated alkanes) is 20. The van der Waals surface area contributed by atoms with Gasteiger partial charge in [-0.2, -0.15) is 0 Å². The molecule has 3 saturated heterocycles. The molecule has 19 nitrogen and oxygen atoms in total. The van der Waals surface area contributed by atoms with E-state index in [9.17, 15) is 61.0 Å². The predicted molar refractivity (Wildman–Crippen MR) is 318 cm³/mol. The Balaban J connectivity index is 1.49. The van der Waals surface area contributed by atoms with Crippen molar-refractivity contribution in [1.29, 1.82) is 0 Å².